The van der Waals surface area contributed by atoms with E-state index in [9.17, 15) is 4.79 Å². The molecule has 4 atom stereocenters. The second-order valence-electron chi connectivity index (χ2n) is 6.18. The lowest BCUT2D eigenvalue weighted by atomic mass is 9.79. The van der Waals surface area contributed by atoms with Crippen molar-refractivity contribution in [3.8, 4) is 0 Å². The fraction of sp³-hybridized carbons (Fsp3) is 0.688. The molecule has 2 fully saturated rings. The highest BCUT2D eigenvalue weighted by Crippen LogP contribution is 2.60. The van der Waals surface area contributed by atoms with Crippen molar-refractivity contribution < 1.29 is 14.3 Å². The van der Waals surface area contributed by atoms with Crippen molar-refractivity contribution in [3.05, 3.63) is 24.3 Å². The summed E-state index contributed by atoms with van der Waals surface area (Å²) in [4.78, 5) is 11.3. The van der Waals surface area contributed by atoms with Crippen molar-refractivity contribution in [3.63, 3.8) is 0 Å². The highest BCUT2D eigenvalue weighted by Gasteiger charge is 2.58. The standard InChI is InChI=1S/C16H22O3/c1-11(2)15(17)18-8-9-19-16-7-6-12(10-16)13-4-3-5-14(13)16/h3-4,12-14H,1,5-10H2,2H3. The van der Waals surface area contributed by atoms with Crippen LogP contribution in [0.5, 0.6) is 0 Å². The average Bonchev–Trinajstić information content (AvgIpc) is 3.05. The van der Waals surface area contributed by atoms with Crippen LogP contribution in [-0.4, -0.2) is 24.8 Å². The van der Waals surface area contributed by atoms with Crippen LogP contribution in [0.2, 0.25) is 0 Å². The number of carbonyl (C=O) groups excluding carboxylic acids is 1. The van der Waals surface area contributed by atoms with E-state index in [0.717, 1.165) is 18.3 Å². The van der Waals surface area contributed by atoms with Gasteiger partial charge in [-0.2, -0.15) is 0 Å². The highest BCUT2D eigenvalue weighted by atomic mass is 16.6. The van der Waals surface area contributed by atoms with Gasteiger partial charge in [0.15, 0.2) is 0 Å². The predicted molar refractivity (Wildman–Crippen MR) is 72.5 cm³/mol. The van der Waals surface area contributed by atoms with E-state index in [1.54, 1.807) is 6.92 Å². The molecule has 3 rings (SSSR count). The first-order valence-electron chi connectivity index (χ1n) is 7.26. The summed E-state index contributed by atoms with van der Waals surface area (Å²) in [5.74, 6) is 1.91. The molecule has 0 aromatic heterocycles. The summed E-state index contributed by atoms with van der Waals surface area (Å²) < 4.78 is 11.3. The van der Waals surface area contributed by atoms with Gasteiger partial charge in [0, 0.05) is 5.57 Å². The number of hydrogen-bond donors (Lipinski definition) is 0. The molecule has 3 aliphatic carbocycles. The van der Waals surface area contributed by atoms with Crippen molar-refractivity contribution in [2.24, 2.45) is 17.8 Å². The van der Waals surface area contributed by atoms with Gasteiger partial charge < -0.3 is 9.47 Å². The van der Waals surface area contributed by atoms with Gasteiger partial charge in [0.05, 0.1) is 12.2 Å². The van der Waals surface area contributed by atoms with Crippen molar-refractivity contribution in [1.82, 2.24) is 0 Å². The number of hydrogen-bond acceptors (Lipinski definition) is 3. The Labute approximate surface area is 114 Å². The van der Waals surface area contributed by atoms with Gasteiger partial charge in [0.2, 0.25) is 0 Å². The Morgan fingerprint density at radius 2 is 2.32 bits per heavy atom. The van der Waals surface area contributed by atoms with Crippen LogP contribution in [0.4, 0.5) is 0 Å². The molecule has 0 amide bonds. The number of ether oxygens (including phenoxy) is 2. The van der Waals surface area contributed by atoms with Crippen molar-refractivity contribution in [2.75, 3.05) is 13.2 Å². The molecule has 2 saturated carbocycles. The Hall–Kier alpha value is -1.09. The van der Waals surface area contributed by atoms with Crippen LogP contribution in [0.3, 0.4) is 0 Å². The molecule has 4 unspecified atom stereocenters. The lowest BCUT2D eigenvalue weighted by molar-refractivity contribution is -0.144. The molecule has 0 N–H and O–H groups in total. The summed E-state index contributed by atoms with van der Waals surface area (Å²) in [7, 11) is 0. The fourth-order valence-corrected chi connectivity index (χ4v) is 4.21. The molecule has 19 heavy (non-hydrogen) atoms. The van der Waals surface area contributed by atoms with E-state index in [1.807, 2.05) is 0 Å². The third-order valence-electron chi connectivity index (χ3n) is 5.03. The zero-order chi connectivity index (χ0) is 13.5. The molecule has 0 radical (unpaired) electrons. The minimum Gasteiger partial charge on any atom is -0.460 e. The molecule has 0 aliphatic heterocycles. The third-order valence-corrected chi connectivity index (χ3v) is 5.03. The topological polar surface area (TPSA) is 35.5 Å². The maximum atomic E-state index is 11.3. The van der Waals surface area contributed by atoms with Crippen molar-refractivity contribution in [1.29, 1.82) is 0 Å². The van der Waals surface area contributed by atoms with Crippen LogP contribution in [0, 0.1) is 17.8 Å². The monoisotopic (exact) mass is 262 g/mol. The average molecular weight is 262 g/mol. The van der Waals surface area contributed by atoms with Crippen molar-refractivity contribution >= 4 is 5.97 Å². The minimum absolute atomic E-state index is 0.0640. The van der Waals surface area contributed by atoms with Crippen LogP contribution < -0.4 is 0 Å². The molecule has 3 nitrogen and oxygen atoms in total. The zero-order valence-electron chi connectivity index (χ0n) is 11.6. The maximum absolute atomic E-state index is 11.3. The summed E-state index contributed by atoms with van der Waals surface area (Å²) in [5.41, 5.74) is 0.508. The Morgan fingerprint density at radius 1 is 1.47 bits per heavy atom. The number of rotatable bonds is 5. The van der Waals surface area contributed by atoms with Gasteiger partial charge in [-0.1, -0.05) is 18.7 Å². The lowest BCUT2D eigenvalue weighted by Gasteiger charge is -2.35. The summed E-state index contributed by atoms with van der Waals surface area (Å²) >= 11 is 0. The van der Waals surface area contributed by atoms with Gasteiger partial charge >= 0.3 is 5.97 Å². The zero-order valence-corrected chi connectivity index (χ0v) is 11.6. The Balaban J connectivity index is 1.50. The first-order valence-corrected chi connectivity index (χ1v) is 7.26. The SMILES string of the molecule is C=C(C)C(=O)OCCOC12CCC(C1)C1C=CCC12. The first-order chi connectivity index (χ1) is 9.12. The van der Waals surface area contributed by atoms with Crippen LogP contribution in [0.1, 0.15) is 32.6 Å². The van der Waals surface area contributed by atoms with Gasteiger partial charge in [0.1, 0.15) is 6.61 Å². The van der Waals surface area contributed by atoms with E-state index in [-0.39, 0.29) is 11.6 Å². The molecular weight excluding hydrogens is 240 g/mol. The van der Waals surface area contributed by atoms with Crippen LogP contribution >= 0.6 is 0 Å². The van der Waals surface area contributed by atoms with Gasteiger partial charge in [-0.3, -0.25) is 0 Å². The molecule has 104 valence electrons. The summed E-state index contributed by atoms with van der Waals surface area (Å²) in [6.07, 6.45) is 9.52. The molecule has 0 aromatic carbocycles. The van der Waals surface area contributed by atoms with E-state index in [1.165, 1.54) is 19.3 Å². The highest BCUT2D eigenvalue weighted by molar-refractivity contribution is 5.86. The third kappa shape index (κ3) is 2.14. The van der Waals surface area contributed by atoms with Crippen LogP contribution in [-0.2, 0) is 14.3 Å². The summed E-state index contributed by atoms with van der Waals surface area (Å²) in [6.45, 7) is 6.07. The normalized spacial score (nSPS) is 38.5. The Bertz CT molecular complexity index is 426. The fourth-order valence-electron chi connectivity index (χ4n) is 4.21. The van der Waals surface area contributed by atoms with Crippen LogP contribution in [0.15, 0.2) is 24.3 Å². The Morgan fingerprint density at radius 3 is 3.11 bits per heavy atom. The number of allylic oxidation sites excluding steroid dienone is 2. The lowest BCUT2D eigenvalue weighted by Crippen LogP contribution is -2.38. The number of carbonyl (C=O) groups is 1. The molecule has 0 heterocycles. The molecule has 3 aliphatic rings. The molecule has 2 bridgehead atoms. The van der Waals surface area contributed by atoms with E-state index in [0.29, 0.717) is 24.7 Å². The molecule has 0 spiro atoms. The van der Waals surface area contributed by atoms with E-state index in [4.69, 9.17) is 9.47 Å². The van der Waals surface area contributed by atoms with Gasteiger partial charge in [-0.05, 0) is 50.4 Å². The summed E-state index contributed by atoms with van der Waals surface area (Å²) in [5, 5.41) is 0. The van der Waals surface area contributed by atoms with E-state index in [2.05, 4.69) is 18.7 Å². The first kappa shape index (κ1) is 12.9. The second kappa shape index (κ2) is 4.78. The van der Waals surface area contributed by atoms with Gasteiger partial charge in [-0.15, -0.1) is 0 Å². The number of esters is 1. The van der Waals surface area contributed by atoms with Crippen molar-refractivity contribution in [2.45, 2.75) is 38.2 Å². The van der Waals surface area contributed by atoms with E-state index >= 15 is 0 Å². The predicted octanol–water partition coefficient (Wildman–Crippen LogP) is 2.87. The van der Waals surface area contributed by atoms with Crippen LogP contribution in [0.25, 0.3) is 0 Å². The molecular formula is C16H22O3. The van der Waals surface area contributed by atoms with Gasteiger partial charge in [0.25, 0.3) is 0 Å². The molecule has 0 saturated heterocycles. The largest absolute Gasteiger partial charge is 0.460 e. The molecule has 3 heteroatoms. The smallest absolute Gasteiger partial charge is 0.333 e. The maximum Gasteiger partial charge on any atom is 0.333 e. The van der Waals surface area contributed by atoms with Gasteiger partial charge in [-0.25, -0.2) is 4.79 Å². The summed E-state index contributed by atoms with van der Waals surface area (Å²) in [6, 6.07) is 0. The van der Waals surface area contributed by atoms with E-state index < -0.39 is 0 Å². The quantitative estimate of drug-likeness (QED) is 0.331. The second-order valence-corrected chi connectivity index (χ2v) is 6.18. The molecule has 0 aromatic rings. The Kier molecular flexibility index (Phi) is 3.25. The number of fused-ring (bicyclic) bond motifs is 5. The minimum atomic E-state index is -0.322.